The number of aliphatic hydroxyl groups excluding tert-OH is 1. The van der Waals surface area contributed by atoms with Crippen molar-refractivity contribution >= 4 is 56.9 Å². The van der Waals surface area contributed by atoms with E-state index in [2.05, 4.69) is 20.6 Å². The van der Waals surface area contributed by atoms with Crippen molar-refractivity contribution in [1.29, 1.82) is 0 Å². The van der Waals surface area contributed by atoms with Crippen LogP contribution >= 0.6 is 0 Å². The molecule has 0 fully saturated rings. The number of carbonyl (C=O) groups is 1. The van der Waals surface area contributed by atoms with Crippen molar-refractivity contribution in [2.45, 2.75) is 0 Å². The Kier molecular flexibility index (Phi) is 7.59. The number of methoxy groups -OCH3 is 2. The molecule has 1 aromatic heterocycles. The maximum atomic E-state index is 12.5. The van der Waals surface area contributed by atoms with Crippen molar-refractivity contribution in [1.82, 2.24) is 9.97 Å². The molecule has 0 saturated carbocycles. The third-order valence-corrected chi connectivity index (χ3v) is 5.70. The predicted molar refractivity (Wildman–Crippen MR) is 136 cm³/mol. The lowest BCUT2D eigenvalue weighted by atomic mass is 10.2. The first-order valence-electron chi connectivity index (χ1n) is 10.6. The summed E-state index contributed by atoms with van der Waals surface area (Å²) in [6, 6.07) is 18.3. The lowest BCUT2D eigenvalue weighted by molar-refractivity contribution is -0.118. The zero-order valence-electron chi connectivity index (χ0n) is 19.3. The molecular formula is C24H22N5O6S-. The van der Waals surface area contributed by atoms with Gasteiger partial charge in [-0.1, -0.05) is 18.2 Å². The summed E-state index contributed by atoms with van der Waals surface area (Å²) in [5, 5.41) is 14.6. The molecule has 186 valence electrons. The lowest BCUT2D eigenvalue weighted by Gasteiger charge is -2.27. The fraction of sp³-hybridized carbons (Fsp3) is 0.125. The first-order valence-corrected chi connectivity index (χ1v) is 11.6. The number of ether oxygens (including phenoxy) is 2. The topological polar surface area (TPSA) is 149 Å². The molecule has 1 heterocycles. The van der Waals surface area contributed by atoms with Crippen LogP contribution in [0.2, 0.25) is 0 Å². The van der Waals surface area contributed by atoms with Gasteiger partial charge in [0, 0.05) is 29.6 Å². The highest BCUT2D eigenvalue weighted by Gasteiger charge is 2.20. The number of carbonyl (C=O) groups excluding carboxylic acids is 1. The average Bonchev–Trinajstić information content (AvgIpc) is 2.88. The van der Waals surface area contributed by atoms with E-state index in [9.17, 15) is 13.6 Å². The quantitative estimate of drug-likeness (QED) is 0.290. The normalized spacial score (nSPS) is 11.6. The Morgan fingerprint density at radius 1 is 0.972 bits per heavy atom. The number of rotatable bonds is 9. The van der Waals surface area contributed by atoms with Gasteiger partial charge in [-0.3, -0.25) is 13.3 Å². The van der Waals surface area contributed by atoms with Gasteiger partial charge in [0.1, 0.15) is 18.1 Å². The number of benzene rings is 3. The molecule has 3 N–H and O–H groups in total. The first-order chi connectivity index (χ1) is 17.4. The van der Waals surface area contributed by atoms with Gasteiger partial charge in [0.2, 0.25) is 5.91 Å². The summed E-state index contributed by atoms with van der Waals surface area (Å²) in [6.45, 7) is -0.713. The minimum Gasteiger partial charge on any atom is -0.755 e. The Morgan fingerprint density at radius 2 is 1.64 bits per heavy atom. The summed E-state index contributed by atoms with van der Waals surface area (Å²) < 4.78 is 36.6. The Labute approximate surface area is 209 Å². The number of nitrogens with zero attached hydrogens (tertiary/aromatic N) is 3. The Balaban J connectivity index is 1.86. The third-order valence-electron chi connectivity index (χ3n) is 5.02. The highest BCUT2D eigenvalue weighted by Crippen LogP contribution is 2.36. The summed E-state index contributed by atoms with van der Waals surface area (Å²) in [6.07, 6.45) is 0. The van der Waals surface area contributed by atoms with Crippen LogP contribution in [0.5, 0.6) is 11.5 Å². The van der Waals surface area contributed by atoms with Crippen LogP contribution in [-0.2, 0) is 16.1 Å². The van der Waals surface area contributed by atoms with Gasteiger partial charge >= 0.3 is 0 Å². The molecule has 3 aromatic carbocycles. The smallest absolute Gasteiger partial charge is 0.250 e. The molecule has 4 rings (SSSR count). The number of hydrogen-bond donors (Lipinski definition) is 3. The number of nitrogens with one attached hydrogen (secondary N) is 2. The number of amides is 1. The minimum absolute atomic E-state index is 0.00513. The number of para-hydroxylation sites is 2. The molecule has 4 aromatic rings. The van der Waals surface area contributed by atoms with Gasteiger partial charge in [-0.2, -0.15) is 0 Å². The van der Waals surface area contributed by atoms with Crippen molar-refractivity contribution in [3.63, 3.8) is 0 Å². The highest BCUT2D eigenvalue weighted by molar-refractivity contribution is 7.81. The summed E-state index contributed by atoms with van der Waals surface area (Å²) in [5.41, 5.74) is 2.02. The number of aromatic nitrogens is 2. The second kappa shape index (κ2) is 11.0. The Morgan fingerprint density at radius 3 is 2.25 bits per heavy atom. The van der Waals surface area contributed by atoms with Crippen molar-refractivity contribution < 1.29 is 28.1 Å². The number of aliphatic hydroxyl groups is 1. The molecule has 1 unspecified atom stereocenters. The van der Waals surface area contributed by atoms with Crippen LogP contribution in [-0.4, -0.2) is 50.6 Å². The molecule has 0 aliphatic rings. The molecule has 0 aliphatic carbocycles. The van der Waals surface area contributed by atoms with Crippen LogP contribution in [0.1, 0.15) is 0 Å². The second-order valence-corrected chi connectivity index (χ2v) is 8.18. The number of fused-ring (bicyclic) bond motifs is 1. The van der Waals surface area contributed by atoms with Gasteiger partial charge in [-0.15, -0.1) is 0 Å². The van der Waals surface area contributed by atoms with E-state index in [0.717, 1.165) is 4.31 Å². The second-order valence-electron chi connectivity index (χ2n) is 7.38. The fourth-order valence-corrected chi connectivity index (χ4v) is 3.98. The molecule has 0 bridgehead atoms. The van der Waals surface area contributed by atoms with E-state index in [1.54, 1.807) is 60.7 Å². The van der Waals surface area contributed by atoms with Crippen molar-refractivity contribution in [3.05, 3.63) is 66.7 Å². The van der Waals surface area contributed by atoms with Gasteiger partial charge in [-0.05, 0) is 30.3 Å². The van der Waals surface area contributed by atoms with E-state index >= 15 is 0 Å². The van der Waals surface area contributed by atoms with Crippen LogP contribution in [0.4, 0.5) is 28.7 Å². The largest absolute Gasteiger partial charge is 0.755 e. The van der Waals surface area contributed by atoms with Gasteiger partial charge in [-0.25, -0.2) is 9.97 Å². The van der Waals surface area contributed by atoms with Crippen LogP contribution in [0.25, 0.3) is 11.0 Å². The number of anilines is 5. The fourth-order valence-electron chi connectivity index (χ4n) is 3.42. The molecule has 0 spiro atoms. The zero-order chi connectivity index (χ0) is 25.7. The molecule has 0 saturated heterocycles. The molecule has 36 heavy (non-hydrogen) atoms. The highest BCUT2D eigenvalue weighted by atomic mass is 32.2. The summed E-state index contributed by atoms with van der Waals surface area (Å²) >= 11 is -2.82. The van der Waals surface area contributed by atoms with Crippen LogP contribution < -0.4 is 24.4 Å². The summed E-state index contributed by atoms with van der Waals surface area (Å²) in [5.74, 6) is 0.543. The summed E-state index contributed by atoms with van der Waals surface area (Å²) in [4.78, 5) is 20.8. The Bertz CT molecular complexity index is 1410. The van der Waals surface area contributed by atoms with E-state index in [1.165, 1.54) is 20.3 Å². The van der Waals surface area contributed by atoms with E-state index < -0.39 is 23.8 Å². The van der Waals surface area contributed by atoms with Crippen LogP contribution in [0, 0.1) is 0 Å². The molecular weight excluding hydrogens is 486 g/mol. The van der Waals surface area contributed by atoms with Gasteiger partial charge < -0.3 is 29.8 Å². The van der Waals surface area contributed by atoms with E-state index in [-0.39, 0.29) is 17.3 Å². The zero-order valence-corrected chi connectivity index (χ0v) is 20.1. The molecule has 1 amide bonds. The van der Waals surface area contributed by atoms with Crippen LogP contribution in [0.15, 0.2) is 66.7 Å². The predicted octanol–water partition coefficient (Wildman–Crippen LogP) is 3.25. The number of hydrogen-bond acceptors (Lipinski definition) is 9. The SMILES string of the molecule is COc1cc(Nc2nc3ccccc3nc2N(c2cccc(NC(=O)CO)c2)S(=O)[O-])cc(OC)c1. The Hall–Kier alpha value is -4.26. The maximum absolute atomic E-state index is 12.5. The van der Waals surface area contributed by atoms with Gasteiger partial charge in [0.15, 0.2) is 11.6 Å². The van der Waals surface area contributed by atoms with Crippen molar-refractivity contribution in [2.24, 2.45) is 0 Å². The molecule has 11 nitrogen and oxygen atoms in total. The van der Waals surface area contributed by atoms with Crippen molar-refractivity contribution in [2.75, 3.05) is 35.8 Å². The van der Waals surface area contributed by atoms with E-state index in [0.29, 0.717) is 33.9 Å². The monoisotopic (exact) mass is 508 g/mol. The third kappa shape index (κ3) is 5.51. The summed E-state index contributed by atoms with van der Waals surface area (Å²) in [7, 11) is 3.04. The van der Waals surface area contributed by atoms with Gasteiger partial charge in [0.05, 0.1) is 42.2 Å². The lowest BCUT2D eigenvalue weighted by Crippen LogP contribution is -2.23. The molecule has 12 heteroatoms. The molecule has 1 atom stereocenters. The molecule has 0 radical (unpaired) electrons. The molecule has 0 aliphatic heterocycles. The average molecular weight is 509 g/mol. The maximum Gasteiger partial charge on any atom is 0.250 e. The van der Waals surface area contributed by atoms with E-state index in [4.69, 9.17) is 14.6 Å². The van der Waals surface area contributed by atoms with E-state index in [1.807, 2.05) is 0 Å². The van der Waals surface area contributed by atoms with Crippen molar-refractivity contribution in [3.8, 4) is 11.5 Å². The van der Waals surface area contributed by atoms with Gasteiger partial charge in [0.25, 0.3) is 0 Å². The van der Waals surface area contributed by atoms with Crippen LogP contribution in [0.3, 0.4) is 0 Å². The minimum atomic E-state index is -2.82. The first kappa shape index (κ1) is 24.9. The standard InChI is InChI=1S/C24H23N5O6S/c1-34-18-11-16(12-19(13-18)35-2)26-23-24(28-21-9-4-3-8-20(21)27-23)29(36(32)33)17-7-5-6-15(10-17)25-22(31)14-30/h3-13,30H,14H2,1-2H3,(H,25,31)(H,26,27)(H,32,33)/p-1.